The van der Waals surface area contributed by atoms with Crippen LogP contribution in [0.4, 0.5) is 0 Å². The van der Waals surface area contributed by atoms with Gasteiger partial charge in [0.15, 0.2) is 0 Å². The van der Waals surface area contributed by atoms with Crippen molar-refractivity contribution in [1.82, 2.24) is 5.32 Å². The van der Waals surface area contributed by atoms with Gasteiger partial charge in [0.2, 0.25) is 0 Å². The second kappa shape index (κ2) is 5.89. The van der Waals surface area contributed by atoms with Crippen molar-refractivity contribution in [2.24, 2.45) is 0 Å². The summed E-state index contributed by atoms with van der Waals surface area (Å²) in [5.74, 6) is 1.16. The molecule has 1 saturated heterocycles. The predicted octanol–water partition coefficient (Wildman–Crippen LogP) is 4.31. The molecule has 98 valence electrons. The summed E-state index contributed by atoms with van der Waals surface area (Å²) < 4.78 is 1.23. The molecule has 2 aromatic rings. The highest BCUT2D eigenvalue weighted by Gasteiger charge is 2.28. The molecule has 2 atom stereocenters. The number of benzene rings is 2. The first-order valence-corrected chi connectivity index (χ1v) is 7.65. The van der Waals surface area contributed by atoms with Gasteiger partial charge >= 0.3 is 0 Å². The lowest BCUT2D eigenvalue weighted by Gasteiger charge is -2.33. The van der Waals surface area contributed by atoms with Gasteiger partial charge in [0.05, 0.1) is 0 Å². The Morgan fingerprint density at radius 3 is 2.42 bits per heavy atom. The first kappa shape index (κ1) is 12.9. The van der Waals surface area contributed by atoms with Crippen LogP contribution in [0.3, 0.4) is 0 Å². The van der Waals surface area contributed by atoms with Crippen LogP contribution in [0.5, 0.6) is 0 Å². The lowest BCUT2D eigenvalue weighted by atomic mass is 9.77. The second-order valence-electron chi connectivity index (χ2n) is 5.14. The highest BCUT2D eigenvalue weighted by molar-refractivity contribution is 9.10. The molecule has 1 fully saturated rings. The molecule has 0 bridgehead atoms. The van der Waals surface area contributed by atoms with Crippen molar-refractivity contribution in [3.05, 3.63) is 70.2 Å². The molecule has 2 unspecified atom stereocenters. The SMILES string of the molecule is Brc1ccccc1C1CNCCC1c1ccccc1. The van der Waals surface area contributed by atoms with Crippen LogP contribution in [0, 0.1) is 0 Å². The van der Waals surface area contributed by atoms with Gasteiger partial charge in [-0.1, -0.05) is 64.5 Å². The van der Waals surface area contributed by atoms with Gasteiger partial charge in [0, 0.05) is 16.9 Å². The van der Waals surface area contributed by atoms with E-state index >= 15 is 0 Å². The Hall–Kier alpha value is -1.12. The van der Waals surface area contributed by atoms with Crippen molar-refractivity contribution in [3.8, 4) is 0 Å². The Kier molecular flexibility index (Phi) is 4.00. The highest BCUT2D eigenvalue weighted by atomic mass is 79.9. The van der Waals surface area contributed by atoms with Crippen molar-refractivity contribution in [3.63, 3.8) is 0 Å². The van der Waals surface area contributed by atoms with E-state index in [1.54, 1.807) is 0 Å². The third kappa shape index (κ3) is 2.75. The maximum atomic E-state index is 3.70. The lowest BCUT2D eigenvalue weighted by molar-refractivity contribution is 0.403. The van der Waals surface area contributed by atoms with Gasteiger partial charge in [-0.25, -0.2) is 0 Å². The fourth-order valence-electron chi connectivity index (χ4n) is 3.06. The van der Waals surface area contributed by atoms with Gasteiger partial charge < -0.3 is 5.32 Å². The van der Waals surface area contributed by atoms with Crippen LogP contribution >= 0.6 is 15.9 Å². The van der Waals surface area contributed by atoms with E-state index in [0.717, 1.165) is 13.1 Å². The zero-order valence-corrected chi connectivity index (χ0v) is 12.4. The molecule has 1 nitrogen and oxygen atoms in total. The standard InChI is InChI=1S/C17H18BrN/c18-17-9-5-4-8-15(17)16-12-19-11-10-14(16)13-6-2-1-3-7-13/h1-9,14,16,19H,10-12H2. The first-order chi connectivity index (χ1) is 9.36. The molecule has 0 saturated carbocycles. The third-order valence-corrected chi connectivity index (χ3v) is 4.74. The molecule has 1 N–H and O–H groups in total. The smallest absolute Gasteiger partial charge is 0.0210 e. The van der Waals surface area contributed by atoms with Gasteiger partial charge in [-0.3, -0.25) is 0 Å². The quantitative estimate of drug-likeness (QED) is 0.870. The minimum absolute atomic E-state index is 0.548. The van der Waals surface area contributed by atoms with E-state index in [0.29, 0.717) is 11.8 Å². The highest BCUT2D eigenvalue weighted by Crippen LogP contribution is 2.39. The van der Waals surface area contributed by atoms with Crippen LogP contribution in [-0.2, 0) is 0 Å². The summed E-state index contributed by atoms with van der Waals surface area (Å²) in [5, 5.41) is 3.54. The number of hydrogen-bond donors (Lipinski definition) is 1. The summed E-state index contributed by atoms with van der Waals surface area (Å²) in [7, 11) is 0. The Morgan fingerprint density at radius 2 is 1.63 bits per heavy atom. The van der Waals surface area contributed by atoms with Crippen LogP contribution in [0.2, 0.25) is 0 Å². The van der Waals surface area contributed by atoms with E-state index in [2.05, 4.69) is 75.8 Å². The zero-order chi connectivity index (χ0) is 13.1. The molecular formula is C17H18BrN. The average molecular weight is 316 g/mol. The second-order valence-corrected chi connectivity index (χ2v) is 5.99. The summed E-state index contributed by atoms with van der Waals surface area (Å²) in [6, 6.07) is 19.5. The summed E-state index contributed by atoms with van der Waals surface area (Å²) in [5.41, 5.74) is 2.88. The van der Waals surface area contributed by atoms with E-state index in [1.165, 1.54) is 22.0 Å². The first-order valence-electron chi connectivity index (χ1n) is 6.86. The van der Waals surface area contributed by atoms with Crippen LogP contribution in [0.1, 0.15) is 29.4 Å². The molecule has 1 aliphatic rings. The van der Waals surface area contributed by atoms with Crippen molar-refractivity contribution >= 4 is 15.9 Å². The van der Waals surface area contributed by atoms with E-state index < -0.39 is 0 Å². The van der Waals surface area contributed by atoms with Gasteiger partial charge in [0.1, 0.15) is 0 Å². The maximum absolute atomic E-state index is 3.70. The molecule has 0 aromatic heterocycles. The molecule has 2 aromatic carbocycles. The molecule has 1 heterocycles. The van der Waals surface area contributed by atoms with Crippen molar-refractivity contribution in [1.29, 1.82) is 0 Å². The monoisotopic (exact) mass is 315 g/mol. The molecule has 0 radical (unpaired) electrons. The Bertz CT molecular complexity index is 538. The summed E-state index contributed by atoms with van der Waals surface area (Å²) in [6.45, 7) is 2.17. The maximum Gasteiger partial charge on any atom is 0.0210 e. The van der Waals surface area contributed by atoms with Crippen LogP contribution < -0.4 is 5.32 Å². The predicted molar refractivity (Wildman–Crippen MR) is 83.6 cm³/mol. The molecule has 1 aliphatic heterocycles. The lowest BCUT2D eigenvalue weighted by Crippen LogP contribution is -2.34. The van der Waals surface area contributed by atoms with Crippen LogP contribution in [0.25, 0.3) is 0 Å². The van der Waals surface area contributed by atoms with Gasteiger partial charge in [-0.15, -0.1) is 0 Å². The Balaban J connectivity index is 1.96. The topological polar surface area (TPSA) is 12.0 Å². The van der Waals surface area contributed by atoms with E-state index in [9.17, 15) is 0 Å². The van der Waals surface area contributed by atoms with Gasteiger partial charge in [-0.2, -0.15) is 0 Å². The zero-order valence-electron chi connectivity index (χ0n) is 10.9. The van der Waals surface area contributed by atoms with Gasteiger partial charge in [-0.05, 0) is 36.1 Å². The molecule has 19 heavy (non-hydrogen) atoms. The molecule has 0 amide bonds. The van der Waals surface area contributed by atoms with Gasteiger partial charge in [0.25, 0.3) is 0 Å². The van der Waals surface area contributed by atoms with Crippen LogP contribution in [0.15, 0.2) is 59.1 Å². The number of rotatable bonds is 2. The Labute approximate surface area is 123 Å². The minimum Gasteiger partial charge on any atom is -0.316 e. The summed E-state index contributed by atoms with van der Waals surface area (Å²) >= 11 is 3.70. The molecule has 0 aliphatic carbocycles. The van der Waals surface area contributed by atoms with E-state index in [1.807, 2.05) is 0 Å². The van der Waals surface area contributed by atoms with Crippen molar-refractivity contribution in [2.75, 3.05) is 13.1 Å². The normalized spacial score (nSPS) is 23.2. The summed E-state index contributed by atoms with van der Waals surface area (Å²) in [4.78, 5) is 0. The molecule has 2 heteroatoms. The number of halogens is 1. The Morgan fingerprint density at radius 1 is 0.895 bits per heavy atom. The van der Waals surface area contributed by atoms with Crippen molar-refractivity contribution < 1.29 is 0 Å². The van der Waals surface area contributed by atoms with E-state index in [4.69, 9.17) is 0 Å². The number of hydrogen-bond acceptors (Lipinski definition) is 1. The minimum atomic E-state index is 0.548. The largest absolute Gasteiger partial charge is 0.316 e. The fraction of sp³-hybridized carbons (Fsp3) is 0.294. The number of nitrogens with one attached hydrogen (secondary N) is 1. The molecule has 3 rings (SSSR count). The molecule has 0 spiro atoms. The molecular weight excluding hydrogens is 298 g/mol. The van der Waals surface area contributed by atoms with E-state index in [-0.39, 0.29) is 0 Å². The fourth-order valence-corrected chi connectivity index (χ4v) is 3.64. The van der Waals surface area contributed by atoms with Crippen LogP contribution in [-0.4, -0.2) is 13.1 Å². The third-order valence-electron chi connectivity index (χ3n) is 4.01. The van der Waals surface area contributed by atoms with Crippen molar-refractivity contribution in [2.45, 2.75) is 18.3 Å². The number of piperidine rings is 1. The average Bonchev–Trinajstić information content (AvgIpc) is 2.49. The summed E-state index contributed by atoms with van der Waals surface area (Å²) in [6.07, 6.45) is 1.20.